The van der Waals surface area contributed by atoms with Gasteiger partial charge in [0.1, 0.15) is 17.4 Å². The number of hydrogen-bond acceptors (Lipinski definition) is 3. The molecule has 1 amide bonds. The van der Waals surface area contributed by atoms with E-state index in [4.69, 9.17) is 10.5 Å². The van der Waals surface area contributed by atoms with Gasteiger partial charge in [-0.3, -0.25) is 4.79 Å². The van der Waals surface area contributed by atoms with E-state index in [1.54, 1.807) is 24.3 Å². The van der Waals surface area contributed by atoms with Crippen molar-refractivity contribution < 1.29 is 18.3 Å². The molecule has 0 bridgehead atoms. The van der Waals surface area contributed by atoms with Crippen LogP contribution in [0.4, 0.5) is 20.2 Å². The molecule has 0 saturated heterocycles. The normalized spacial score (nSPS) is 10.2. The second kappa shape index (κ2) is 6.69. The Balaban J connectivity index is 1.82. The Morgan fingerprint density at radius 1 is 1.19 bits per heavy atom. The third kappa shape index (κ3) is 4.45. The quantitative estimate of drug-likeness (QED) is 0.833. The molecule has 110 valence electrons. The molecule has 2 aromatic rings. The van der Waals surface area contributed by atoms with Crippen LogP contribution in [0.2, 0.25) is 0 Å². The molecule has 0 aliphatic rings. The van der Waals surface area contributed by atoms with Gasteiger partial charge in [0.2, 0.25) is 5.91 Å². The van der Waals surface area contributed by atoms with E-state index in [1.165, 1.54) is 6.07 Å². The minimum atomic E-state index is -0.819. The Kier molecular flexibility index (Phi) is 4.71. The van der Waals surface area contributed by atoms with Crippen LogP contribution in [0.1, 0.15) is 6.42 Å². The summed E-state index contributed by atoms with van der Waals surface area (Å²) in [5.74, 6) is -1.39. The summed E-state index contributed by atoms with van der Waals surface area (Å²) in [4.78, 5) is 11.6. The van der Waals surface area contributed by atoms with Crippen LogP contribution in [-0.2, 0) is 4.79 Å². The average molecular weight is 292 g/mol. The van der Waals surface area contributed by atoms with Gasteiger partial charge < -0.3 is 15.8 Å². The molecule has 2 rings (SSSR count). The van der Waals surface area contributed by atoms with Crippen LogP contribution in [-0.4, -0.2) is 12.5 Å². The van der Waals surface area contributed by atoms with E-state index in [2.05, 4.69) is 5.32 Å². The minimum absolute atomic E-state index is 0.0333. The minimum Gasteiger partial charge on any atom is -0.493 e. The number of halogens is 2. The predicted molar refractivity (Wildman–Crippen MR) is 76.0 cm³/mol. The summed E-state index contributed by atoms with van der Waals surface area (Å²) in [7, 11) is 0. The zero-order chi connectivity index (χ0) is 15.2. The molecule has 0 heterocycles. The molecule has 6 heteroatoms. The first-order chi connectivity index (χ1) is 10.0. The van der Waals surface area contributed by atoms with Crippen LogP contribution in [0.25, 0.3) is 0 Å². The topological polar surface area (TPSA) is 64.3 Å². The van der Waals surface area contributed by atoms with E-state index in [-0.39, 0.29) is 18.7 Å². The highest BCUT2D eigenvalue weighted by Crippen LogP contribution is 2.16. The monoisotopic (exact) mass is 292 g/mol. The lowest BCUT2D eigenvalue weighted by atomic mass is 10.3. The molecule has 0 spiro atoms. The van der Waals surface area contributed by atoms with E-state index < -0.39 is 17.5 Å². The molecule has 2 aromatic carbocycles. The van der Waals surface area contributed by atoms with Gasteiger partial charge in [0.25, 0.3) is 0 Å². The number of ether oxygens (including phenoxy) is 1. The van der Waals surface area contributed by atoms with Gasteiger partial charge in [-0.15, -0.1) is 0 Å². The van der Waals surface area contributed by atoms with Gasteiger partial charge in [-0.25, -0.2) is 8.78 Å². The maximum atomic E-state index is 13.3. The van der Waals surface area contributed by atoms with Gasteiger partial charge in [0.15, 0.2) is 0 Å². The maximum Gasteiger partial charge on any atom is 0.227 e. The number of benzene rings is 2. The van der Waals surface area contributed by atoms with Crippen LogP contribution >= 0.6 is 0 Å². The first-order valence-corrected chi connectivity index (χ1v) is 6.28. The highest BCUT2D eigenvalue weighted by Gasteiger charge is 2.08. The molecule has 0 saturated carbocycles. The Morgan fingerprint density at radius 2 is 2.00 bits per heavy atom. The summed E-state index contributed by atoms with van der Waals surface area (Å²) < 4.78 is 31.4. The first kappa shape index (κ1) is 14.8. The molecule has 0 aliphatic heterocycles. The molecular weight excluding hydrogens is 278 g/mol. The highest BCUT2D eigenvalue weighted by molar-refractivity contribution is 5.90. The zero-order valence-electron chi connectivity index (χ0n) is 11.1. The largest absolute Gasteiger partial charge is 0.493 e. The van der Waals surface area contributed by atoms with Crippen molar-refractivity contribution in [3.8, 4) is 5.75 Å². The number of carbonyl (C=O) groups is 1. The lowest BCUT2D eigenvalue weighted by molar-refractivity contribution is -0.116. The molecule has 0 atom stereocenters. The molecule has 4 nitrogen and oxygen atoms in total. The van der Waals surface area contributed by atoms with Crippen molar-refractivity contribution in [2.75, 3.05) is 17.7 Å². The summed E-state index contributed by atoms with van der Waals surface area (Å²) in [5, 5.41) is 2.35. The fourth-order valence-corrected chi connectivity index (χ4v) is 1.67. The molecule has 0 radical (unpaired) electrons. The number of nitrogen functional groups attached to an aromatic ring is 1. The second-order valence-corrected chi connectivity index (χ2v) is 4.34. The molecule has 21 heavy (non-hydrogen) atoms. The Labute approximate surface area is 120 Å². The summed E-state index contributed by atoms with van der Waals surface area (Å²) in [6, 6.07) is 9.75. The van der Waals surface area contributed by atoms with Crippen molar-refractivity contribution >= 4 is 17.3 Å². The lowest BCUT2D eigenvalue weighted by Gasteiger charge is -2.08. The van der Waals surface area contributed by atoms with Crippen molar-refractivity contribution in [2.45, 2.75) is 6.42 Å². The molecule has 0 aliphatic carbocycles. The van der Waals surface area contributed by atoms with Crippen LogP contribution < -0.4 is 15.8 Å². The van der Waals surface area contributed by atoms with Crippen molar-refractivity contribution in [1.29, 1.82) is 0 Å². The van der Waals surface area contributed by atoms with Crippen LogP contribution in [0.15, 0.2) is 42.5 Å². The molecule has 0 fully saturated rings. The summed E-state index contributed by atoms with van der Waals surface area (Å²) in [6.45, 7) is 0.123. The van der Waals surface area contributed by atoms with Crippen LogP contribution in [0.3, 0.4) is 0 Å². The molecule has 3 N–H and O–H groups in total. The highest BCUT2D eigenvalue weighted by atomic mass is 19.1. The van der Waals surface area contributed by atoms with E-state index in [9.17, 15) is 13.6 Å². The predicted octanol–water partition coefficient (Wildman–Crippen LogP) is 2.95. The molecular formula is C15H14F2N2O2. The number of amides is 1. The van der Waals surface area contributed by atoms with E-state index in [1.807, 2.05) is 0 Å². The standard InChI is InChI=1S/C15H14F2N2O2/c16-10-4-5-14(13(17)8-10)19-15(20)6-7-21-12-3-1-2-11(18)9-12/h1-5,8-9H,6-7,18H2,(H,19,20). The van der Waals surface area contributed by atoms with Crippen LogP contribution in [0, 0.1) is 11.6 Å². The third-order valence-corrected chi connectivity index (χ3v) is 2.66. The number of nitrogens with two attached hydrogens (primary N) is 1. The fourth-order valence-electron chi connectivity index (χ4n) is 1.67. The van der Waals surface area contributed by atoms with Crippen molar-refractivity contribution in [3.05, 3.63) is 54.1 Å². The van der Waals surface area contributed by atoms with Gasteiger partial charge in [0, 0.05) is 17.8 Å². The van der Waals surface area contributed by atoms with Crippen molar-refractivity contribution in [3.63, 3.8) is 0 Å². The summed E-state index contributed by atoms with van der Waals surface area (Å²) in [5.41, 5.74) is 6.09. The first-order valence-electron chi connectivity index (χ1n) is 6.28. The van der Waals surface area contributed by atoms with Crippen molar-refractivity contribution in [2.24, 2.45) is 0 Å². The number of hydrogen-bond donors (Lipinski definition) is 2. The Hall–Kier alpha value is -2.63. The average Bonchev–Trinajstić information content (AvgIpc) is 2.42. The molecule has 0 aromatic heterocycles. The van der Waals surface area contributed by atoms with Gasteiger partial charge in [-0.1, -0.05) is 6.07 Å². The number of carbonyl (C=O) groups excluding carboxylic acids is 1. The molecule has 0 unspecified atom stereocenters. The summed E-state index contributed by atoms with van der Waals surface area (Å²) >= 11 is 0. The number of nitrogens with one attached hydrogen (secondary N) is 1. The smallest absolute Gasteiger partial charge is 0.227 e. The van der Waals surface area contributed by atoms with Gasteiger partial charge in [-0.2, -0.15) is 0 Å². The SMILES string of the molecule is Nc1cccc(OCCC(=O)Nc2ccc(F)cc2F)c1. The zero-order valence-corrected chi connectivity index (χ0v) is 11.1. The third-order valence-electron chi connectivity index (χ3n) is 2.66. The van der Waals surface area contributed by atoms with E-state index in [0.29, 0.717) is 17.5 Å². The maximum absolute atomic E-state index is 13.3. The lowest BCUT2D eigenvalue weighted by Crippen LogP contribution is -2.16. The number of rotatable bonds is 5. The van der Waals surface area contributed by atoms with Gasteiger partial charge in [0.05, 0.1) is 18.7 Å². The van der Waals surface area contributed by atoms with E-state index in [0.717, 1.165) is 6.07 Å². The Morgan fingerprint density at radius 3 is 2.71 bits per heavy atom. The van der Waals surface area contributed by atoms with E-state index >= 15 is 0 Å². The fraction of sp³-hybridized carbons (Fsp3) is 0.133. The van der Waals surface area contributed by atoms with Gasteiger partial charge >= 0.3 is 0 Å². The number of anilines is 2. The second-order valence-electron chi connectivity index (χ2n) is 4.34. The van der Waals surface area contributed by atoms with Crippen molar-refractivity contribution in [1.82, 2.24) is 0 Å². The Bertz CT molecular complexity index is 647. The summed E-state index contributed by atoms with van der Waals surface area (Å²) in [6.07, 6.45) is 0.0333. The van der Waals surface area contributed by atoms with Gasteiger partial charge in [-0.05, 0) is 24.3 Å². The van der Waals surface area contributed by atoms with Crippen LogP contribution in [0.5, 0.6) is 5.75 Å².